The van der Waals surface area contributed by atoms with Gasteiger partial charge in [0.2, 0.25) is 5.91 Å². The highest BCUT2D eigenvalue weighted by atomic mass is 32.1. The van der Waals surface area contributed by atoms with Gasteiger partial charge in [0.25, 0.3) is 5.91 Å². The molecule has 1 aromatic heterocycles. The average molecular weight is 539 g/mol. The summed E-state index contributed by atoms with van der Waals surface area (Å²) in [6.45, 7) is 11.5. The van der Waals surface area contributed by atoms with Gasteiger partial charge in [0.1, 0.15) is 6.54 Å². The van der Waals surface area contributed by atoms with Crippen LogP contribution in [0, 0.1) is 0 Å². The first-order valence-electron chi connectivity index (χ1n) is 13.9. The Kier molecular flexibility index (Phi) is 7.64. The molecular weight excluding hydrogens is 500 g/mol. The molecule has 2 atom stereocenters. The largest absolute Gasteiger partial charge is 0.330 e. The van der Waals surface area contributed by atoms with Crippen molar-refractivity contribution in [2.24, 2.45) is 0 Å². The molecule has 2 heterocycles. The topological polar surface area (TPSA) is 40.6 Å². The predicted octanol–water partition coefficient (Wildman–Crippen LogP) is 7.61. The Labute approximate surface area is 236 Å². The highest BCUT2D eigenvalue weighted by Gasteiger charge is 2.35. The van der Waals surface area contributed by atoms with Crippen molar-refractivity contribution in [3.63, 3.8) is 0 Å². The van der Waals surface area contributed by atoms with Crippen LogP contribution in [0.1, 0.15) is 79.0 Å². The first kappa shape index (κ1) is 27.1. The van der Waals surface area contributed by atoms with E-state index in [1.165, 1.54) is 16.0 Å². The molecule has 4 aromatic rings. The monoisotopic (exact) mass is 538 g/mol. The van der Waals surface area contributed by atoms with Crippen LogP contribution in [0.5, 0.6) is 0 Å². The van der Waals surface area contributed by atoms with Crippen LogP contribution in [0.2, 0.25) is 0 Å². The zero-order valence-electron chi connectivity index (χ0n) is 23.6. The second-order valence-corrected chi connectivity index (χ2v) is 12.7. The van der Waals surface area contributed by atoms with Gasteiger partial charge in [-0.3, -0.25) is 9.59 Å². The third kappa shape index (κ3) is 5.51. The molecule has 0 fully saturated rings. The Bertz CT molecular complexity index is 1480. The fourth-order valence-corrected chi connectivity index (χ4v) is 6.39. The van der Waals surface area contributed by atoms with Gasteiger partial charge in [-0.05, 0) is 76.2 Å². The second-order valence-electron chi connectivity index (χ2n) is 11.7. The van der Waals surface area contributed by atoms with Crippen LogP contribution in [0.15, 0.2) is 78.2 Å². The first-order chi connectivity index (χ1) is 18.7. The van der Waals surface area contributed by atoms with E-state index < -0.39 is 0 Å². The fourth-order valence-electron chi connectivity index (χ4n) is 5.48. The quantitative estimate of drug-likeness (QED) is 0.253. The van der Waals surface area contributed by atoms with E-state index in [9.17, 15) is 9.59 Å². The summed E-state index contributed by atoms with van der Waals surface area (Å²) >= 11 is 1.77. The number of nitrogens with zero attached hydrogens (tertiary/aromatic N) is 2. The minimum absolute atomic E-state index is 0.00816. The number of benzene rings is 3. The lowest BCUT2D eigenvalue weighted by atomic mass is 9.85. The van der Waals surface area contributed by atoms with E-state index in [0.29, 0.717) is 12.1 Å². The summed E-state index contributed by atoms with van der Waals surface area (Å²) < 4.78 is 0. The lowest BCUT2D eigenvalue weighted by Gasteiger charge is -2.38. The lowest BCUT2D eigenvalue weighted by Crippen LogP contribution is -2.49. The van der Waals surface area contributed by atoms with Crippen molar-refractivity contribution < 1.29 is 9.59 Å². The normalized spacial score (nSPS) is 16.1. The van der Waals surface area contributed by atoms with E-state index in [1.807, 2.05) is 54.3 Å². The molecule has 0 spiro atoms. The molecule has 202 valence electrons. The van der Waals surface area contributed by atoms with Gasteiger partial charge in [0, 0.05) is 23.0 Å². The smallest absolute Gasteiger partial charge is 0.254 e. The molecule has 0 saturated heterocycles. The number of hydrogen-bond donors (Lipinski definition) is 0. The van der Waals surface area contributed by atoms with Gasteiger partial charge in [0.05, 0.1) is 6.04 Å². The van der Waals surface area contributed by atoms with E-state index in [0.717, 1.165) is 29.2 Å². The molecule has 0 N–H and O–H groups in total. The summed E-state index contributed by atoms with van der Waals surface area (Å²) in [6, 6.07) is 24.5. The van der Waals surface area contributed by atoms with E-state index in [-0.39, 0.29) is 35.9 Å². The molecule has 0 unspecified atom stereocenters. The molecule has 5 rings (SSSR count). The van der Waals surface area contributed by atoms with E-state index >= 15 is 0 Å². The van der Waals surface area contributed by atoms with Gasteiger partial charge in [-0.25, -0.2) is 0 Å². The third-order valence-corrected chi connectivity index (χ3v) is 9.06. The Morgan fingerprint density at radius 1 is 1.00 bits per heavy atom. The van der Waals surface area contributed by atoms with Crippen LogP contribution < -0.4 is 0 Å². The van der Waals surface area contributed by atoms with Crippen LogP contribution >= 0.6 is 11.3 Å². The predicted molar refractivity (Wildman–Crippen MR) is 161 cm³/mol. The Balaban J connectivity index is 1.45. The number of thiophene rings is 1. The van der Waals surface area contributed by atoms with Gasteiger partial charge in [-0.2, -0.15) is 0 Å². The molecule has 3 aromatic carbocycles. The summed E-state index contributed by atoms with van der Waals surface area (Å²) in [6.07, 6.45) is 1.62. The van der Waals surface area contributed by atoms with Crippen molar-refractivity contribution in [1.82, 2.24) is 9.80 Å². The van der Waals surface area contributed by atoms with Gasteiger partial charge >= 0.3 is 0 Å². The molecule has 2 amide bonds. The highest BCUT2D eigenvalue weighted by molar-refractivity contribution is 7.10. The number of carbonyl (C=O) groups is 2. The van der Waals surface area contributed by atoms with Gasteiger partial charge in [-0.15, -0.1) is 11.3 Å². The van der Waals surface area contributed by atoms with Crippen molar-refractivity contribution in [1.29, 1.82) is 0 Å². The van der Waals surface area contributed by atoms with Crippen LogP contribution in [-0.2, 0) is 16.6 Å². The third-order valence-electron chi connectivity index (χ3n) is 8.06. The highest BCUT2D eigenvalue weighted by Crippen LogP contribution is 2.38. The van der Waals surface area contributed by atoms with E-state index in [4.69, 9.17) is 0 Å². The standard InChI is InChI=1S/C34H38N2O2S/c1-6-23(2)36(33(38)27-12-11-24-9-7-8-10-26(24)21-27)22-31(37)35-19-17-30-29(18-20-39-30)32(35)25-13-15-28(16-14-25)34(3,4)5/h7-16,18,20-21,23,32H,6,17,19,22H2,1-5H3/t23-,32-/m0/s1. The van der Waals surface area contributed by atoms with Crippen molar-refractivity contribution in [3.8, 4) is 0 Å². The van der Waals surface area contributed by atoms with Gasteiger partial charge in [0.15, 0.2) is 0 Å². The zero-order chi connectivity index (χ0) is 27.7. The molecule has 0 radical (unpaired) electrons. The van der Waals surface area contributed by atoms with Gasteiger partial charge < -0.3 is 9.80 Å². The summed E-state index contributed by atoms with van der Waals surface area (Å²) in [4.78, 5) is 33.0. The maximum Gasteiger partial charge on any atom is 0.254 e. The minimum atomic E-state index is -0.143. The fraction of sp³-hybridized carbons (Fsp3) is 0.353. The number of amides is 2. The molecule has 0 saturated carbocycles. The molecule has 1 aliphatic heterocycles. The Morgan fingerprint density at radius 3 is 2.41 bits per heavy atom. The van der Waals surface area contributed by atoms with E-state index in [1.54, 1.807) is 16.2 Å². The number of carbonyl (C=O) groups excluding carboxylic acids is 2. The van der Waals surface area contributed by atoms with Gasteiger partial charge in [-0.1, -0.05) is 82.3 Å². The Morgan fingerprint density at radius 2 is 1.72 bits per heavy atom. The summed E-state index contributed by atoms with van der Waals surface area (Å²) in [5, 5.41) is 4.25. The maximum atomic E-state index is 14.1. The Hall–Kier alpha value is -3.44. The van der Waals surface area contributed by atoms with Crippen molar-refractivity contribution in [2.45, 2.75) is 65.0 Å². The molecule has 39 heavy (non-hydrogen) atoms. The van der Waals surface area contributed by atoms with Crippen LogP contribution in [-0.4, -0.2) is 40.7 Å². The number of hydrogen-bond acceptors (Lipinski definition) is 3. The summed E-state index contributed by atoms with van der Waals surface area (Å²) in [5.74, 6) is -0.103. The molecular formula is C34H38N2O2S. The summed E-state index contributed by atoms with van der Waals surface area (Å²) in [5.41, 5.74) is 4.28. The molecule has 0 aliphatic carbocycles. The molecule has 1 aliphatic rings. The molecule has 5 heteroatoms. The lowest BCUT2D eigenvalue weighted by molar-refractivity contribution is -0.134. The van der Waals surface area contributed by atoms with Crippen molar-refractivity contribution >= 4 is 33.9 Å². The van der Waals surface area contributed by atoms with Crippen LogP contribution in [0.3, 0.4) is 0 Å². The SMILES string of the molecule is CC[C@H](C)N(CC(=O)N1CCc2sccc2[C@@H]1c1ccc(C(C)(C)C)cc1)C(=O)c1ccc2ccccc2c1. The maximum absolute atomic E-state index is 14.1. The van der Waals surface area contributed by atoms with E-state index in [2.05, 4.69) is 63.4 Å². The van der Waals surface area contributed by atoms with Crippen LogP contribution in [0.25, 0.3) is 10.8 Å². The number of fused-ring (bicyclic) bond motifs is 2. The van der Waals surface area contributed by atoms with Crippen molar-refractivity contribution in [3.05, 3.63) is 105 Å². The van der Waals surface area contributed by atoms with Crippen LogP contribution in [0.4, 0.5) is 0 Å². The second kappa shape index (κ2) is 11.0. The minimum Gasteiger partial charge on any atom is -0.330 e. The average Bonchev–Trinajstić information content (AvgIpc) is 3.43. The summed E-state index contributed by atoms with van der Waals surface area (Å²) in [7, 11) is 0. The van der Waals surface area contributed by atoms with Crippen molar-refractivity contribution in [2.75, 3.05) is 13.1 Å². The first-order valence-corrected chi connectivity index (χ1v) is 14.8. The zero-order valence-corrected chi connectivity index (χ0v) is 24.4. The number of rotatable bonds is 6. The molecule has 0 bridgehead atoms. The molecule has 4 nitrogen and oxygen atoms in total.